The van der Waals surface area contributed by atoms with Crippen molar-refractivity contribution in [1.29, 1.82) is 0 Å². The highest BCUT2D eigenvalue weighted by Crippen LogP contribution is 2.51. The second-order valence-corrected chi connectivity index (χ2v) is 15.9. The predicted octanol–water partition coefficient (Wildman–Crippen LogP) is 14.1. The van der Waals surface area contributed by atoms with Crippen molar-refractivity contribution >= 4 is 66.0 Å². The van der Waals surface area contributed by atoms with Crippen molar-refractivity contribution in [3.8, 4) is 39.4 Å². The lowest BCUT2D eigenvalue weighted by Crippen LogP contribution is -2.35. The number of para-hydroxylation sites is 3. The highest BCUT2D eigenvalue weighted by molar-refractivity contribution is 6.26. The highest BCUT2D eigenvalue weighted by Gasteiger charge is 2.27. The van der Waals surface area contributed by atoms with Gasteiger partial charge in [0.15, 0.2) is 0 Å². The van der Waals surface area contributed by atoms with Gasteiger partial charge >= 0.3 is 0 Å². The van der Waals surface area contributed by atoms with Gasteiger partial charge in [-0.3, -0.25) is 4.57 Å². The van der Waals surface area contributed by atoms with E-state index < -0.39 is 0 Å². The van der Waals surface area contributed by atoms with Crippen LogP contribution in [-0.2, 0) is 0 Å². The fourth-order valence-electron chi connectivity index (χ4n) is 9.91. The first-order chi connectivity index (χ1) is 30.3. The summed E-state index contributed by atoms with van der Waals surface area (Å²) < 4.78 is 11.4. The Hall–Kier alpha value is -8.15. The topological polar surface area (TPSA) is 43.5 Å². The molecule has 0 saturated carbocycles. The summed E-state index contributed by atoms with van der Waals surface area (Å²) >= 11 is 0. The smallest absolute Gasteiger partial charge is 0.209 e. The van der Waals surface area contributed by atoms with Gasteiger partial charge in [-0.25, -0.2) is 4.99 Å². The average molecular weight is 781 g/mol. The van der Waals surface area contributed by atoms with Gasteiger partial charge in [0.05, 0.1) is 33.8 Å². The number of ether oxygens (including phenoxy) is 1. The van der Waals surface area contributed by atoms with Crippen LogP contribution in [0.1, 0.15) is 17.2 Å². The third kappa shape index (κ3) is 5.11. The molecule has 0 amide bonds. The minimum Gasteiger partial charge on any atom is -0.456 e. The molecule has 2 aliphatic heterocycles. The van der Waals surface area contributed by atoms with E-state index in [0.717, 1.165) is 73.0 Å². The van der Waals surface area contributed by atoms with Crippen LogP contribution in [0.15, 0.2) is 211 Å². The zero-order chi connectivity index (χ0) is 40.0. The number of aliphatic imine (C=N–C) groups is 1. The van der Waals surface area contributed by atoms with Crippen LogP contribution < -0.4 is 10.1 Å². The molecule has 5 nitrogen and oxygen atoms in total. The van der Waals surface area contributed by atoms with Crippen molar-refractivity contribution in [3.63, 3.8) is 0 Å². The van der Waals surface area contributed by atoms with Gasteiger partial charge in [0.25, 0.3) is 0 Å². The van der Waals surface area contributed by atoms with Crippen LogP contribution >= 0.6 is 0 Å². The van der Waals surface area contributed by atoms with Crippen LogP contribution in [0, 0.1) is 0 Å². The number of fused-ring (bicyclic) bond motifs is 9. The van der Waals surface area contributed by atoms with E-state index in [0.29, 0.717) is 0 Å². The van der Waals surface area contributed by atoms with Gasteiger partial charge in [0, 0.05) is 49.8 Å². The van der Waals surface area contributed by atoms with Crippen molar-refractivity contribution in [1.82, 2.24) is 14.5 Å². The molecule has 0 spiro atoms. The van der Waals surface area contributed by atoms with Gasteiger partial charge in [-0.2, -0.15) is 0 Å². The average Bonchev–Trinajstić information content (AvgIpc) is 3.85. The Bertz CT molecular complexity index is 3640. The third-order valence-corrected chi connectivity index (χ3v) is 12.5. The van der Waals surface area contributed by atoms with E-state index in [-0.39, 0.29) is 6.04 Å². The first kappa shape index (κ1) is 33.8. The zero-order valence-electron chi connectivity index (χ0n) is 33.0. The molecule has 286 valence electrons. The molecule has 0 radical (unpaired) electrons. The Balaban J connectivity index is 1.06. The molecule has 5 heteroatoms. The summed E-state index contributed by atoms with van der Waals surface area (Å²) in [6.45, 7) is 0. The van der Waals surface area contributed by atoms with E-state index in [4.69, 9.17) is 9.73 Å². The molecule has 1 unspecified atom stereocenters. The maximum Gasteiger partial charge on any atom is 0.209 e. The monoisotopic (exact) mass is 780 g/mol. The van der Waals surface area contributed by atoms with Gasteiger partial charge < -0.3 is 14.6 Å². The molecular weight excluding hydrogens is 745 g/mol. The van der Waals surface area contributed by atoms with Crippen molar-refractivity contribution in [3.05, 3.63) is 217 Å². The molecule has 0 bridgehead atoms. The summed E-state index contributed by atoms with van der Waals surface area (Å²) in [5.74, 6) is 2.56. The lowest BCUT2D eigenvalue weighted by atomic mass is 9.92. The Morgan fingerprint density at radius 1 is 0.426 bits per heavy atom. The summed E-state index contributed by atoms with van der Waals surface area (Å²) in [7, 11) is 0. The molecule has 9 aromatic carbocycles. The largest absolute Gasteiger partial charge is 0.456 e. The van der Waals surface area contributed by atoms with Crippen LogP contribution in [0.5, 0.6) is 11.5 Å². The number of hydrogen-bond acceptors (Lipinski definition) is 3. The number of nitrogens with zero attached hydrogens (tertiary/aromatic N) is 3. The van der Waals surface area contributed by atoms with E-state index in [1.165, 1.54) is 43.6 Å². The molecule has 0 saturated heterocycles. The number of aromatic nitrogens is 2. The van der Waals surface area contributed by atoms with Gasteiger partial charge in [-0.15, -0.1) is 0 Å². The van der Waals surface area contributed by atoms with Crippen molar-refractivity contribution in [2.75, 3.05) is 0 Å². The molecule has 0 fully saturated rings. The van der Waals surface area contributed by atoms with Gasteiger partial charge in [0.1, 0.15) is 11.5 Å². The lowest BCUT2D eigenvalue weighted by Gasteiger charge is -2.25. The molecule has 1 N–H and O–H groups in total. The molecule has 4 heterocycles. The van der Waals surface area contributed by atoms with Crippen molar-refractivity contribution in [2.24, 2.45) is 4.99 Å². The minimum absolute atomic E-state index is 0.0669. The van der Waals surface area contributed by atoms with Crippen LogP contribution in [-0.4, -0.2) is 15.1 Å². The number of benzene rings is 9. The Labute approximate surface area is 351 Å². The molecule has 61 heavy (non-hydrogen) atoms. The summed E-state index contributed by atoms with van der Waals surface area (Å²) in [6.07, 6.45) is 2.23. The maximum absolute atomic E-state index is 6.71. The van der Waals surface area contributed by atoms with Crippen LogP contribution in [0.25, 0.3) is 88.0 Å². The summed E-state index contributed by atoms with van der Waals surface area (Å²) in [6, 6.07) is 71.4. The Morgan fingerprint density at radius 2 is 1.10 bits per heavy atom. The minimum atomic E-state index is -0.0669. The van der Waals surface area contributed by atoms with Crippen LogP contribution in [0.2, 0.25) is 0 Å². The van der Waals surface area contributed by atoms with Crippen molar-refractivity contribution < 1.29 is 4.74 Å². The molecule has 0 aliphatic carbocycles. The first-order valence-electron chi connectivity index (χ1n) is 20.8. The van der Waals surface area contributed by atoms with Crippen molar-refractivity contribution in [2.45, 2.75) is 6.04 Å². The van der Waals surface area contributed by atoms with Crippen LogP contribution in [0.3, 0.4) is 0 Å². The summed E-state index contributed by atoms with van der Waals surface area (Å²) in [5, 5.41) is 10.9. The normalized spacial score (nSPS) is 14.5. The SMILES string of the molecule is C1=C(c2ccccc2)N=C(n2c3ccccc3c3c(-c4ccc5c(c4)c4c6cccc7c6c(cc4n5-c4ccccc4)Oc4ccccc4-7)cccc32)NC1c1ccccc1. The maximum atomic E-state index is 6.71. The number of hydrogen-bond donors (Lipinski definition) is 1. The van der Waals surface area contributed by atoms with E-state index in [1.54, 1.807) is 0 Å². The second kappa shape index (κ2) is 13.2. The Kier molecular flexibility index (Phi) is 7.30. The standard InChI is InChI=1S/C56H36N4O/c1-4-16-35(17-5-1)45-33-46(36-18-6-2-7-19-36)58-56(57-45)60-47-27-12-10-23-42(47)53-39(24-15-28-49(53)60)37-30-31-48-44(32-37)54-43-26-14-25-41-40-22-11-13-29-51(40)61-52(55(41)43)34-50(54)59(48)38-20-8-3-9-21-38/h1-34,45H,(H,57,58). The number of nitrogens with one attached hydrogen (secondary N) is 1. The molecule has 2 aromatic heterocycles. The molecular formula is C56H36N4O. The summed E-state index contributed by atoms with van der Waals surface area (Å²) in [4.78, 5) is 5.37. The molecule has 2 aliphatic rings. The first-order valence-corrected chi connectivity index (χ1v) is 20.8. The van der Waals surface area contributed by atoms with Gasteiger partial charge in [0.2, 0.25) is 5.96 Å². The predicted molar refractivity (Wildman–Crippen MR) is 252 cm³/mol. The molecule has 11 aromatic rings. The Morgan fingerprint density at radius 3 is 1.97 bits per heavy atom. The zero-order valence-corrected chi connectivity index (χ0v) is 33.0. The highest BCUT2D eigenvalue weighted by atomic mass is 16.5. The van der Waals surface area contributed by atoms with E-state index in [9.17, 15) is 0 Å². The van der Waals surface area contributed by atoms with Gasteiger partial charge in [-0.05, 0) is 76.2 Å². The van der Waals surface area contributed by atoms with E-state index >= 15 is 0 Å². The second-order valence-electron chi connectivity index (χ2n) is 15.9. The fourth-order valence-corrected chi connectivity index (χ4v) is 9.91. The van der Waals surface area contributed by atoms with E-state index in [2.05, 4.69) is 215 Å². The van der Waals surface area contributed by atoms with E-state index in [1.807, 2.05) is 6.07 Å². The quantitative estimate of drug-likeness (QED) is 0.193. The summed E-state index contributed by atoms with van der Waals surface area (Å²) in [5.41, 5.74) is 13.4. The number of rotatable bonds is 4. The fraction of sp³-hybridized carbons (Fsp3) is 0.0179. The third-order valence-electron chi connectivity index (χ3n) is 12.5. The molecule has 13 rings (SSSR count). The van der Waals surface area contributed by atoms with Gasteiger partial charge in [-0.1, -0.05) is 152 Å². The molecule has 1 atom stereocenters. The lowest BCUT2D eigenvalue weighted by molar-refractivity contribution is 0.487. The van der Waals surface area contributed by atoms with Crippen LogP contribution in [0.4, 0.5) is 0 Å².